The van der Waals surface area contributed by atoms with Gasteiger partial charge in [0, 0.05) is 5.56 Å². The maximum atomic E-state index is 13.1. The highest BCUT2D eigenvalue weighted by Crippen LogP contribution is 2.35. The Labute approximate surface area is 157 Å². The predicted molar refractivity (Wildman–Crippen MR) is 99.1 cm³/mol. The van der Waals surface area contributed by atoms with Crippen molar-refractivity contribution in [2.75, 3.05) is 31.3 Å². The number of ether oxygens (including phenoxy) is 3. The van der Waals surface area contributed by atoms with Gasteiger partial charge < -0.3 is 24.2 Å². The summed E-state index contributed by atoms with van der Waals surface area (Å²) in [6, 6.07) is 10.4. The molecule has 0 bridgehead atoms. The molecule has 7 nitrogen and oxygen atoms in total. The fourth-order valence-electron chi connectivity index (χ4n) is 2.86. The minimum Gasteiger partial charge on any atom is -0.490 e. The van der Waals surface area contributed by atoms with E-state index < -0.39 is 12.6 Å². The van der Waals surface area contributed by atoms with Gasteiger partial charge in [-0.3, -0.25) is 4.79 Å². The summed E-state index contributed by atoms with van der Waals surface area (Å²) in [6.07, 6.45) is 0. The van der Waals surface area contributed by atoms with Crippen molar-refractivity contribution in [1.29, 1.82) is 0 Å². The van der Waals surface area contributed by atoms with Gasteiger partial charge in [0.1, 0.15) is 12.4 Å². The SMILES string of the molecule is CCOc1cc(C(=O)N2CCOc3cc(C)ccc32)ccc1OCC(=O)O. The molecule has 0 aromatic heterocycles. The van der Waals surface area contributed by atoms with Gasteiger partial charge in [-0.15, -0.1) is 0 Å². The van der Waals surface area contributed by atoms with Gasteiger partial charge in [0.15, 0.2) is 18.1 Å². The number of rotatable bonds is 6. The molecule has 0 atom stereocenters. The second kappa shape index (κ2) is 7.99. The smallest absolute Gasteiger partial charge is 0.341 e. The lowest BCUT2D eigenvalue weighted by Crippen LogP contribution is -2.38. The largest absolute Gasteiger partial charge is 0.490 e. The van der Waals surface area contributed by atoms with E-state index in [1.54, 1.807) is 30.0 Å². The molecule has 0 fully saturated rings. The van der Waals surface area contributed by atoms with Crippen molar-refractivity contribution < 1.29 is 28.9 Å². The van der Waals surface area contributed by atoms with E-state index in [9.17, 15) is 9.59 Å². The second-order valence-corrected chi connectivity index (χ2v) is 6.05. The van der Waals surface area contributed by atoms with E-state index in [1.165, 1.54) is 0 Å². The van der Waals surface area contributed by atoms with Gasteiger partial charge in [0.2, 0.25) is 0 Å². The number of fused-ring (bicyclic) bond motifs is 1. The Bertz CT molecular complexity index is 864. The normalized spacial score (nSPS) is 12.7. The molecule has 0 aliphatic carbocycles. The fraction of sp³-hybridized carbons (Fsp3) is 0.300. The molecule has 3 rings (SSSR count). The number of carboxylic acids is 1. The van der Waals surface area contributed by atoms with Crippen LogP contribution in [0.1, 0.15) is 22.8 Å². The van der Waals surface area contributed by atoms with Gasteiger partial charge in [0.05, 0.1) is 18.8 Å². The molecular weight excluding hydrogens is 350 g/mol. The monoisotopic (exact) mass is 371 g/mol. The van der Waals surface area contributed by atoms with Crippen molar-refractivity contribution in [3.63, 3.8) is 0 Å². The molecule has 1 amide bonds. The number of carboxylic acid groups (broad SMARTS) is 1. The number of hydrogen-bond acceptors (Lipinski definition) is 5. The number of benzene rings is 2. The molecule has 0 saturated carbocycles. The topological polar surface area (TPSA) is 85.3 Å². The zero-order valence-electron chi connectivity index (χ0n) is 15.2. The quantitative estimate of drug-likeness (QED) is 0.840. The third kappa shape index (κ3) is 4.13. The predicted octanol–water partition coefficient (Wildman–Crippen LogP) is 2.90. The number of carbonyl (C=O) groups is 2. The Morgan fingerprint density at radius 1 is 1.15 bits per heavy atom. The Balaban J connectivity index is 1.89. The van der Waals surface area contributed by atoms with Crippen LogP contribution in [-0.2, 0) is 4.79 Å². The number of aliphatic carboxylic acids is 1. The number of hydrogen-bond donors (Lipinski definition) is 1. The lowest BCUT2D eigenvalue weighted by molar-refractivity contribution is -0.139. The molecule has 0 radical (unpaired) electrons. The Kier molecular flexibility index (Phi) is 5.49. The maximum absolute atomic E-state index is 13.1. The van der Waals surface area contributed by atoms with Crippen LogP contribution in [0.15, 0.2) is 36.4 Å². The lowest BCUT2D eigenvalue weighted by Gasteiger charge is -2.30. The number of anilines is 1. The van der Waals surface area contributed by atoms with E-state index >= 15 is 0 Å². The minimum atomic E-state index is -1.09. The fourth-order valence-corrected chi connectivity index (χ4v) is 2.86. The van der Waals surface area contributed by atoms with Crippen molar-refractivity contribution >= 4 is 17.6 Å². The molecule has 142 valence electrons. The first-order valence-electron chi connectivity index (χ1n) is 8.66. The summed E-state index contributed by atoms with van der Waals surface area (Å²) in [4.78, 5) is 25.5. The maximum Gasteiger partial charge on any atom is 0.341 e. The van der Waals surface area contributed by atoms with Crippen molar-refractivity contribution in [3.8, 4) is 17.2 Å². The molecule has 7 heteroatoms. The minimum absolute atomic E-state index is 0.186. The van der Waals surface area contributed by atoms with Crippen LogP contribution in [0.2, 0.25) is 0 Å². The molecule has 0 spiro atoms. The Morgan fingerprint density at radius 2 is 1.96 bits per heavy atom. The molecule has 1 aliphatic heterocycles. The van der Waals surface area contributed by atoms with Crippen molar-refractivity contribution in [1.82, 2.24) is 0 Å². The van der Waals surface area contributed by atoms with E-state index in [2.05, 4.69) is 0 Å². The molecule has 1 aliphatic rings. The van der Waals surface area contributed by atoms with Crippen molar-refractivity contribution in [2.24, 2.45) is 0 Å². The first-order chi connectivity index (χ1) is 13.0. The summed E-state index contributed by atoms with van der Waals surface area (Å²) < 4.78 is 16.4. The summed E-state index contributed by atoms with van der Waals surface area (Å²) >= 11 is 0. The first kappa shape index (κ1) is 18.6. The van der Waals surface area contributed by atoms with Gasteiger partial charge in [-0.05, 0) is 49.7 Å². The summed E-state index contributed by atoms with van der Waals surface area (Å²) in [5.74, 6) is 0.0313. The van der Waals surface area contributed by atoms with Crippen LogP contribution in [0, 0.1) is 6.92 Å². The zero-order chi connectivity index (χ0) is 19.4. The number of carbonyl (C=O) groups excluding carboxylic acids is 1. The lowest BCUT2D eigenvalue weighted by atomic mass is 10.1. The zero-order valence-corrected chi connectivity index (χ0v) is 15.2. The van der Waals surface area contributed by atoms with Gasteiger partial charge in [-0.25, -0.2) is 4.79 Å². The Hall–Kier alpha value is -3.22. The molecule has 1 heterocycles. The van der Waals surface area contributed by atoms with E-state index in [1.807, 2.05) is 25.1 Å². The van der Waals surface area contributed by atoms with Crippen LogP contribution >= 0.6 is 0 Å². The van der Waals surface area contributed by atoms with Crippen molar-refractivity contribution in [2.45, 2.75) is 13.8 Å². The van der Waals surface area contributed by atoms with Crippen LogP contribution in [0.4, 0.5) is 5.69 Å². The van der Waals surface area contributed by atoms with Gasteiger partial charge in [-0.2, -0.15) is 0 Å². The summed E-state index contributed by atoms with van der Waals surface area (Å²) in [7, 11) is 0. The summed E-state index contributed by atoms with van der Waals surface area (Å²) in [5.41, 5.74) is 2.21. The average molecular weight is 371 g/mol. The Morgan fingerprint density at radius 3 is 2.70 bits per heavy atom. The number of aryl methyl sites for hydroxylation is 1. The molecule has 0 saturated heterocycles. The summed E-state index contributed by atoms with van der Waals surface area (Å²) in [5, 5.41) is 8.78. The molecule has 1 N–H and O–H groups in total. The van der Waals surface area contributed by atoms with Crippen LogP contribution in [-0.4, -0.2) is 43.3 Å². The molecule has 0 unspecified atom stereocenters. The van der Waals surface area contributed by atoms with Crippen LogP contribution < -0.4 is 19.1 Å². The third-order valence-corrected chi connectivity index (χ3v) is 4.07. The van der Waals surface area contributed by atoms with E-state index in [0.29, 0.717) is 36.8 Å². The van der Waals surface area contributed by atoms with Gasteiger partial charge in [0.25, 0.3) is 5.91 Å². The third-order valence-electron chi connectivity index (χ3n) is 4.07. The van der Waals surface area contributed by atoms with E-state index in [0.717, 1.165) is 11.3 Å². The van der Waals surface area contributed by atoms with Crippen LogP contribution in [0.3, 0.4) is 0 Å². The van der Waals surface area contributed by atoms with Gasteiger partial charge >= 0.3 is 5.97 Å². The van der Waals surface area contributed by atoms with Crippen molar-refractivity contribution in [3.05, 3.63) is 47.5 Å². The molecule has 2 aromatic rings. The second-order valence-electron chi connectivity index (χ2n) is 6.05. The molecule has 2 aromatic carbocycles. The standard InChI is InChI=1S/C20H21NO6/c1-3-25-18-11-14(5-7-16(18)27-12-19(22)23)20(24)21-8-9-26-17-10-13(2)4-6-15(17)21/h4-7,10-11H,3,8-9,12H2,1-2H3,(H,22,23). The van der Waals surface area contributed by atoms with Crippen LogP contribution in [0.25, 0.3) is 0 Å². The number of amides is 1. The van der Waals surface area contributed by atoms with Gasteiger partial charge in [-0.1, -0.05) is 6.07 Å². The summed E-state index contributed by atoms with van der Waals surface area (Å²) in [6.45, 7) is 4.51. The van der Waals surface area contributed by atoms with Crippen LogP contribution in [0.5, 0.6) is 17.2 Å². The number of nitrogens with zero attached hydrogens (tertiary/aromatic N) is 1. The molecule has 27 heavy (non-hydrogen) atoms. The first-order valence-corrected chi connectivity index (χ1v) is 8.66. The average Bonchev–Trinajstić information content (AvgIpc) is 2.65. The highest BCUT2D eigenvalue weighted by molar-refractivity contribution is 6.07. The highest BCUT2D eigenvalue weighted by atomic mass is 16.5. The highest BCUT2D eigenvalue weighted by Gasteiger charge is 2.25. The molecular formula is C20H21NO6. The van der Waals surface area contributed by atoms with E-state index in [4.69, 9.17) is 19.3 Å². The van der Waals surface area contributed by atoms with E-state index in [-0.39, 0.29) is 11.7 Å².